The Hall–Kier alpha value is -2.01. The molecule has 0 aliphatic carbocycles. The summed E-state index contributed by atoms with van der Waals surface area (Å²) < 4.78 is 5.27. The molecule has 0 radical (unpaired) electrons. The van der Waals surface area contributed by atoms with Crippen LogP contribution in [-0.4, -0.2) is 24.2 Å². The van der Waals surface area contributed by atoms with E-state index in [4.69, 9.17) is 40.2 Å². The van der Waals surface area contributed by atoms with Crippen LogP contribution in [0.5, 0.6) is 5.75 Å². The van der Waals surface area contributed by atoms with Gasteiger partial charge in [-0.25, -0.2) is 0 Å². The van der Waals surface area contributed by atoms with Gasteiger partial charge >= 0.3 is 0 Å². The van der Waals surface area contributed by atoms with E-state index in [-0.39, 0.29) is 0 Å². The smallest absolute Gasteiger partial charge is 0.173 e. The molecule has 0 saturated carbocycles. The maximum atomic E-state index is 6.03. The van der Waals surface area contributed by atoms with E-state index in [1.807, 2.05) is 24.1 Å². The summed E-state index contributed by atoms with van der Waals surface area (Å²) in [6.45, 7) is 0.683. The summed E-state index contributed by atoms with van der Waals surface area (Å²) in [6, 6.07) is 17.7. The predicted molar refractivity (Wildman–Crippen MR) is 115 cm³/mol. The molecule has 0 saturated heterocycles. The Bertz CT molecular complexity index is 941. The lowest BCUT2D eigenvalue weighted by Gasteiger charge is -2.21. The molecule has 0 fully saturated rings. The number of rotatable bonds is 4. The SMILES string of the molecule is COc1ccc2cc(CN(C)C(=S)Nc3cc(Cl)cc(Cl)c3)ccc2c1. The summed E-state index contributed by atoms with van der Waals surface area (Å²) in [6.07, 6.45) is 0. The number of hydrogen-bond acceptors (Lipinski definition) is 2. The second-order valence-corrected chi connectivity index (χ2v) is 7.25. The molecular weight excluding hydrogens is 387 g/mol. The third-order valence-electron chi connectivity index (χ3n) is 3.99. The fraction of sp³-hybridized carbons (Fsp3) is 0.150. The Labute approximate surface area is 168 Å². The highest BCUT2D eigenvalue weighted by Gasteiger charge is 2.08. The lowest BCUT2D eigenvalue weighted by Crippen LogP contribution is -2.30. The number of hydrogen-bond donors (Lipinski definition) is 1. The van der Waals surface area contributed by atoms with Crippen molar-refractivity contribution in [2.45, 2.75) is 6.54 Å². The zero-order chi connectivity index (χ0) is 18.7. The normalized spacial score (nSPS) is 10.6. The van der Waals surface area contributed by atoms with Crippen molar-refractivity contribution in [1.82, 2.24) is 4.90 Å². The van der Waals surface area contributed by atoms with Crippen molar-refractivity contribution in [3.05, 3.63) is 70.2 Å². The van der Waals surface area contributed by atoms with Crippen LogP contribution in [0, 0.1) is 0 Å². The zero-order valence-corrected chi connectivity index (χ0v) is 16.8. The highest BCUT2D eigenvalue weighted by atomic mass is 35.5. The summed E-state index contributed by atoms with van der Waals surface area (Å²) in [5, 5.41) is 7.20. The van der Waals surface area contributed by atoms with E-state index in [1.165, 1.54) is 5.56 Å². The van der Waals surface area contributed by atoms with Gasteiger partial charge in [-0.1, -0.05) is 41.4 Å². The average molecular weight is 405 g/mol. The fourth-order valence-corrected chi connectivity index (χ4v) is 3.40. The number of nitrogens with one attached hydrogen (secondary N) is 1. The summed E-state index contributed by atoms with van der Waals surface area (Å²) in [4.78, 5) is 1.97. The van der Waals surface area contributed by atoms with E-state index >= 15 is 0 Å². The van der Waals surface area contributed by atoms with Crippen LogP contribution in [0.3, 0.4) is 0 Å². The number of benzene rings is 3. The van der Waals surface area contributed by atoms with Crippen LogP contribution in [0.1, 0.15) is 5.56 Å². The van der Waals surface area contributed by atoms with Gasteiger partial charge in [0.25, 0.3) is 0 Å². The first-order valence-corrected chi connectivity index (χ1v) is 9.16. The molecule has 0 atom stereocenters. The van der Waals surface area contributed by atoms with E-state index in [9.17, 15) is 0 Å². The molecule has 0 spiro atoms. The van der Waals surface area contributed by atoms with E-state index in [0.717, 1.165) is 22.2 Å². The third-order valence-corrected chi connectivity index (χ3v) is 4.84. The van der Waals surface area contributed by atoms with Crippen LogP contribution < -0.4 is 10.1 Å². The first kappa shape index (κ1) is 18.8. The van der Waals surface area contributed by atoms with Crippen molar-refractivity contribution >= 4 is 57.0 Å². The molecule has 0 aliphatic rings. The second kappa shape index (κ2) is 8.12. The number of nitrogens with zero attached hydrogens (tertiary/aromatic N) is 1. The molecule has 1 N–H and O–H groups in total. The van der Waals surface area contributed by atoms with E-state index < -0.39 is 0 Å². The Morgan fingerprint density at radius 2 is 1.65 bits per heavy atom. The number of fused-ring (bicyclic) bond motifs is 1. The van der Waals surface area contributed by atoms with E-state index in [2.05, 4.69) is 29.6 Å². The van der Waals surface area contributed by atoms with Crippen molar-refractivity contribution in [2.75, 3.05) is 19.5 Å². The molecule has 0 aromatic heterocycles. The second-order valence-electron chi connectivity index (χ2n) is 5.99. The van der Waals surface area contributed by atoms with Gasteiger partial charge in [0.15, 0.2) is 5.11 Å². The molecule has 134 valence electrons. The summed E-state index contributed by atoms with van der Waals surface area (Å²) >= 11 is 17.5. The molecule has 6 heteroatoms. The quantitative estimate of drug-likeness (QED) is 0.540. The number of halogens is 2. The summed E-state index contributed by atoms with van der Waals surface area (Å²) in [5.41, 5.74) is 1.93. The number of anilines is 1. The predicted octanol–water partition coefficient (Wildman–Crippen LogP) is 5.98. The topological polar surface area (TPSA) is 24.5 Å². The van der Waals surface area contributed by atoms with Gasteiger partial charge in [0.1, 0.15) is 5.75 Å². The van der Waals surface area contributed by atoms with Crippen LogP contribution in [0.4, 0.5) is 5.69 Å². The lowest BCUT2D eigenvalue weighted by molar-refractivity contribution is 0.415. The highest BCUT2D eigenvalue weighted by Crippen LogP contribution is 2.24. The number of ether oxygens (including phenoxy) is 1. The molecule has 3 rings (SSSR count). The Morgan fingerprint density at radius 3 is 2.35 bits per heavy atom. The monoisotopic (exact) mass is 404 g/mol. The molecule has 26 heavy (non-hydrogen) atoms. The van der Waals surface area contributed by atoms with Gasteiger partial charge < -0.3 is 15.0 Å². The Kier molecular flexibility index (Phi) is 5.87. The lowest BCUT2D eigenvalue weighted by atomic mass is 10.1. The first-order valence-electron chi connectivity index (χ1n) is 7.99. The minimum Gasteiger partial charge on any atom is -0.497 e. The Morgan fingerprint density at radius 1 is 1.00 bits per heavy atom. The molecule has 0 heterocycles. The van der Waals surface area contributed by atoms with Crippen LogP contribution in [0.2, 0.25) is 10.0 Å². The molecule has 0 aliphatic heterocycles. The van der Waals surface area contributed by atoms with Crippen molar-refractivity contribution < 1.29 is 4.74 Å². The van der Waals surface area contributed by atoms with Crippen LogP contribution in [-0.2, 0) is 6.54 Å². The molecule has 3 aromatic rings. The molecule has 0 unspecified atom stereocenters. The van der Waals surface area contributed by atoms with Gasteiger partial charge in [-0.2, -0.15) is 0 Å². The van der Waals surface area contributed by atoms with Gasteiger partial charge in [-0.05, 0) is 65.0 Å². The minimum atomic E-state index is 0.565. The largest absolute Gasteiger partial charge is 0.497 e. The van der Waals surface area contributed by atoms with E-state index in [0.29, 0.717) is 21.7 Å². The highest BCUT2D eigenvalue weighted by molar-refractivity contribution is 7.80. The van der Waals surface area contributed by atoms with Crippen molar-refractivity contribution in [1.29, 1.82) is 0 Å². The molecular formula is C20H18Cl2N2OS. The first-order chi connectivity index (χ1) is 12.4. The van der Waals surface area contributed by atoms with Crippen LogP contribution >= 0.6 is 35.4 Å². The number of methoxy groups -OCH3 is 1. The van der Waals surface area contributed by atoms with Crippen molar-refractivity contribution in [2.24, 2.45) is 0 Å². The molecule has 0 amide bonds. The molecule has 3 nitrogen and oxygen atoms in total. The van der Waals surface area contributed by atoms with Gasteiger partial charge in [0.2, 0.25) is 0 Å². The number of thiocarbonyl (C=S) groups is 1. The molecule has 3 aromatic carbocycles. The van der Waals surface area contributed by atoms with E-state index in [1.54, 1.807) is 25.3 Å². The van der Waals surface area contributed by atoms with Gasteiger partial charge in [-0.15, -0.1) is 0 Å². The standard InChI is InChI=1S/C20H18Cl2N2OS/c1-24(20(26)23-18-10-16(21)9-17(22)11-18)12-13-3-4-15-8-19(25-2)6-5-14(15)7-13/h3-11H,12H2,1-2H3,(H,23,26). The molecule has 0 bridgehead atoms. The van der Waals surface area contributed by atoms with Crippen LogP contribution in [0.15, 0.2) is 54.6 Å². The van der Waals surface area contributed by atoms with Crippen LogP contribution in [0.25, 0.3) is 10.8 Å². The third kappa shape index (κ3) is 4.58. The Balaban J connectivity index is 1.71. The fourth-order valence-electron chi connectivity index (χ4n) is 2.69. The average Bonchev–Trinajstić information content (AvgIpc) is 2.60. The maximum Gasteiger partial charge on any atom is 0.173 e. The summed E-state index contributed by atoms with van der Waals surface area (Å²) in [5.74, 6) is 0.855. The van der Waals surface area contributed by atoms with Gasteiger partial charge in [0.05, 0.1) is 7.11 Å². The maximum absolute atomic E-state index is 6.03. The van der Waals surface area contributed by atoms with Crippen molar-refractivity contribution in [3.63, 3.8) is 0 Å². The summed E-state index contributed by atoms with van der Waals surface area (Å²) in [7, 11) is 3.62. The minimum absolute atomic E-state index is 0.565. The van der Waals surface area contributed by atoms with Gasteiger partial charge in [0, 0.05) is 29.3 Å². The zero-order valence-electron chi connectivity index (χ0n) is 14.4. The van der Waals surface area contributed by atoms with Crippen molar-refractivity contribution in [3.8, 4) is 5.75 Å². The van der Waals surface area contributed by atoms with Gasteiger partial charge in [-0.3, -0.25) is 0 Å².